The second-order valence-corrected chi connectivity index (χ2v) is 10.3. The van der Waals surface area contributed by atoms with E-state index in [2.05, 4.69) is 16.0 Å². The van der Waals surface area contributed by atoms with Crippen LogP contribution < -0.4 is 25.6 Å². The summed E-state index contributed by atoms with van der Waals surface area (Å²) in [5.74, 6) is 1.37. The lowest BCUT2D eigenvalue weighted by atomic mass is 9.86. The van der Waals surface area contributed by atoms with Gasteiger partial charge in [-0.1, -0.05) is 30.0 Å². The monoisotopic (exact) mass is 492 g/mol. The predicted molar refractivity (Wildman–Crippen MR) is 134 cm³/mol. The molecule has 4 atom stereocenters. The number of ether oxygens (including phenoxy) is 2. The van der Waals surface area contributed by atoms with E-state index in [1.807, 2.05) is 59.5 Å². The van der Waals surface area contributed by atoms with Crippen LogP contribution >= 0.6 is 11.8 Å². The summed E-state index contributed by atoms with van der Waals surface area (Å²) in [5.41, 5.74) is 1.56. The van der Waals surface area contributed by atoms with Gasteiger partial charge in [-0.2, -0.15) is 0 Å². The van der Waals surface area contributed by atoms with E-state index in [1.54, 1.807) is 0 Å². The predicted octanol–water partition coefficient (Wildman–Crippen LogP) is 3.57. The van der Waals surface area contributed by atoms with Crippen molar-refractivity contribution in [2.45, 2.75) is 36.8 Å². The summed E-state index contributed by atoms with van der Waals surface area (Å²) >= 11 is 1.52. The third-order valence-electron chi connectivity index (χ3n) is 6.96. The van der Waals surface area contributed by atoms with Gasteiger partial charge in [0.15, 0.2) is 0 Å². The molecule has 4 aliphatic heterocycles. The topological polar surface area (TPSA) is 91.9 Å². The minimum absolute atomic E-state index is 0.0233. The fourth-order valence-electron chi connectivity index (χ4n) is 5.31. The summed E-state index contributed by atoms with van der Waals surface area (Å²) in [6.07, 6.45) is 2.89. The van der Waals surface area contributed by atoms with Crippen LogP contribution in [0.5, 0.6) is 11.5 Å². The SMILES string of the molecule is O=C(NCC1CCCO1)C1=C2NC(=O)N(c3ccc(Oc4ccccc4)cc3)C3CCNC(S1)C23. The van der Waals surface area contributed by atoms with Gasteiger partial charge < -0.3 is 25.4 Å². The number of nitrogens with one attached hydrogen (secondary N) is 3. The van der Waals surface area contributed by atoms with Gasteiger partial charge in [-0.05, 0) is 62.2 Å². The van der Waals surface area contributed by atoms with Crippen LogP contribution in [0.15, 0.2) is 65.2 Å². The Labute approximate surface area is 208 Å². The molecule has 182 valence electrons. The Morgan fingerprint density at radius 3 is 2.69 bits per heavy atom. The number of carbonyl (C=O) groups is 2. The Morgan fingerprint density at radius 2 is 1.91 bits per heavy atom. The number of anilines is 1. The Hall–Kier alpha value is -3.01. The van der Waals surface area contributed by atoms with Crippen molar-refractivity contribution in [1.82, 2.24) is 16.0 Å². The van der Waals surface area contributed by atoms with Crippen molar-refractivity contribution in [3.05, 3.63) is 65.2 Å². The molecule has 0 aliphatic carbocycles. The highest BCUT2D eigenvalue weighted by molar-refractivity contribution is 8.04. The molecule has 0 radical (unpaired) electrons. The zero-order chi connectivity index (χ0) is 23.8. The molecule has 3 saturated heterocycles. The number of amides is 3. The van der Waals surface area contributed by atoms with Gasteiger partial charge in [0.05, 0.1) is 22.4 Å². The standard InChI is InChI=1S/C26H28N4O4S/c31-24(28-15-19-7-4-14-33-19)23-22-21-20(12-13-27-25(21)35-23)30(26(32)29-22)16-8-10-18(11-9-16)34-17-5-2-1-3-6-17/h1-3,5-6,8-11,19-21,25,27H,4,7,12-15H2,(H,28,31)(H,29,32). The molecule has 4 unspecified atom stereocenters. The fourth-order valence-corrected chi connectivity index (χ4v) is 6.73. The van der Waals surface area contributed by atoms with Gasteiger partial charge in [-0.25, -0.2) is 4.79 Å². The smallest absolute Gasteiger partial charge is 0.326 e. The molecule has 8 nitrogen and oxygen atoms in total. The molecule has 0 spiro atoms. The van der Waals surface area contributed by atoms with E-state index >= 15 is 0 Å². The summed E-state index contributed by atoms with van der Waals surface area (Å²) in [5, 5.41) is 9.65. The number of hydrogen-bond acceptors (Lipinski definition) is 6. The Kier molecular flexibility index (Phi) is 6.13. The molecule has 3 amide bonds. The summed E-state index contributed by atoms with van der Waals surface area (Å²) in [6, 6.07) is 17.0. The van der Waals surface area contributed by atoms with Crippen LogP contribution in [0.4, 0.5) is 10.5 Å². The molecule has 3 N–H and O–H groups in total. The van der Waals surface area contributed by atoms with E-state index in [4.69, 9.17) is 9.47 Å². The lowest BCUT2D eigenvalue weighted by Crippen LogP contribution is -2.62. The second kappa shape index (κ2) is 9.56. The average molecular weight is 493 g/mol. The Morgan fingerprint density at radius 1 is 1.11 bits per heavy atom. The zero-order valence-corrected chi connectivity index (χ0v) is 20.1. The third-order valence-corrected chi connectivity index (χ3v) is 8.31. The van der Waals surface area contributed by atoms with Gasteiger partial charge in [0.1, 0.15) is 11.5 Å². The van der Waals surface area contributed by atoms with Crippen LogP contribution in [-0.2, 0) is 9.53 Å². The van der Waals surface area contributed by atoms with E-state index in [-0.39, 0.29) is 35.4 Å². The van der Waals surface area contributed by atoms with Gasteiger partial charge >= 0.3 is 6.03 Å². The van der Waals surface area contributed by atoms with E-state index < -0.39 is 0 Å². The van der Waals surface area contributed by atoms with Gasteiger partial charge in [0, 0.05) is 30.5 Å². The van der Waals surface area contributed by atoms with Gasteiger partial charge in [0.25, 0.3) is 5.91 Å². The first-order chi connectivity index (χ1) is 17.2. The molecule has 6 rings (SSSR count). The number of rotatable bonds is 6. The van der Waals surface area contributed by atoms with Crippen LogP contribution in [0.3, 0.4) is 0 Å². The van der Waals surface area contributed by atoms with E-state index in [0.717, 1.165) is 49.5 Å². The van der Waals surface area contributed by atoms with Crippen LogP contribution in [0.25, 0.3) is 0 Å². The van der Waals surface area contributed by atoms with Crippen LogP contribution in [0.1, 0.15) is 19.3 Å². The molecule has 0 bridgehead atoms. The highest BCUT2D eigenvalue weighted by Crippen LogP contribution is 2.48. The molecule has 0 saturated carbocycles. The number of carbonyl (C=O) groups excluding carboxylic acids is 2. The van der Waals surface area contributed by atoms with Crippen molar-refractivity contribution >= 4 is 29.4 Å². The lowest BCUT2D eigenvalue weighted by Gasteiger charge is -2.45. The maximum Gasteiger partial charge on any atom is 0.326 e. The Balaban J connectivity index is 1.20. The number of para-hydroxylation sites is 1. The largest absolute Gasteiger partial charge is 0.457 e. The number of hydrogen-bond donors (Lipinski definition) is 3. The summed E-state index contributed by atoms with van der Waals surface area (Å²) in [4.78, 5) is 28.8. The first kappa shape index (κ1) is 22.5. The quantitative estimate of drug-likeness (QED) is 0.571. The zero-order valence-electron chi connectivity index (χ0n) is 19.2. The van der Waals surface area contributed by atoms with Gasteiger partial charge in [-0.3, -0.25) is 9.69 Å². The first-order valence-corrected chi connectivity index (χ1v) is 13.0. The molecule has 9 heteroatoms. The summed E-state index contributed by atoms with van der Waals surface area (Å²) in [6.45, 7) is 2.04. The highest BCUT2D eigenvalue weighted by atomic mass is 32.2. The van der Waals surface area contributed by atoms with E-state index in [9.17, 15) is 9.59 Å². The molecule has 2 aromatic rings. The lowest BCUT2D eigenvalue weighted by molar-refractivity contribution is -0.117. The summed E-state index contributed by atoms with van der Waals surface area (Å²) in [7, 11) is 0. The van der Waals surface area contributed by atoms with Gasteiger partial charge in [-0.15, -0.1) is 0 Å². The van der Waals surface area contributed by atoms with Crippen molar-refractivity contribution in [1.29, 1.82) is 0 Å². The average Bonchev–Trinajstić information content (AvgIpc) is 3.53. The first-order valence-electron chi connectivity index (χ1n) is 12.1. The molecule has 4 aliphatic rings. The maximum absolute atomic E-state index is 13.3. The molecule has 2 aromatic carbocycles. The minimum Gasteiger partial charge on any atom is -0.457 e. The van der Waals surface area contributed by atoms with Crippen LogP contribution in [0.2, 0.25) is 0 Å². The van der Waals surface area contributed by atoms with E-state index in [0.29, 0.717) is 17.2 Å². The number of benzene rings is 2. The fraction of sp³-hybridized carbons (Fsp3) is 0.385. The number of thioether (sulfide) groups is 1. The number of nitrogens with zero attached hydrogens (tertiary/aromatic N) is 1. The molecule has 35 heavy (non-hydrogen) atoms. The second-order valence-electron chi connectivity index (χ2n) is 9.17. The molecule has 4 heterocycles. The summed E-state index contributed by atoms with van der Waals surface area (Å²) < 4.78 is 11.5. The van der Waals surface area contributed by atoms with Crippen LogP contribution in [-0.4, -0.2) is 49.2 Å². The molecule has 0 aromatic heterocycles. The van der Waals surface area contributed by atoms with Crippen molar-refractivity contribution < 1.29 is 19.1 Å². The third kappa shape index (κ3) is 4.39. The van der Waals surface area contributed by atoms with E-state index in [1.165, 1.54) is 11.8 Å². The van der Waals surface area contributed by atoms with Crippen molar-refractivity contribution in [3.63, 3.8) is 0 Å². The van der Waals surface area contributed by atoms with Gasteiger partial charge in [0.2, 0.25) is 0 Å². The van der Waals surface area contributed by atoms with Crippen molar-refractivity contribution in [3.8, 4) is 11.5 Å². The van der Waals surface area contributed by atoms with Crippen molar-refractivity contribution in [2.75, 3.05) is 24.6 Å². The number of urea groups is 1. The normalized spacial score (nSPS) is 27.4. The molecular formula is C26H28N4O4S. The maximum atomic E-state index is 13.3. The molecule has 3 fully saturated rings. The number of piperidine rings is 1. The Bertz CT molecular complexity index is 1130. The minimum atomic E-state index is -0.203. The highest BCUT2D eigenvalue weighted by Gasteiger charge is 2.51. The van der Waals surface area contributed by atoms with Crippen molar-refractivity contribution in [2.24, 2.45) is 5.92 Å². The molecular weight excluding hydrogens is 464 g/mol. The van der Waals surface area contributed by atoms with Crippen LogP contribution in [0, 0.1) is 5.92 Å².